The normalized spacial score (nSPS) is 23.2. The number of anilines is 1. The van der Waals surface area contributed by atoms with Gasteiger partial charge in [0, 0.05) is 44.5 Å². The molecule has 1 saturated carbocycles. The van der Waals surface area contributed by atoms with E-state index in [9.17, 15) is 4.39 Å². The van der Waals surface area contributed by atoms with Gasteiger partial charge in [-0.05, 0) is 67.7 Å². The predicted octanol–water partition coefficient (Wildman–Crippen LogP) is 4.62. The maximum absolute atomic E-state index is 13.7. The van der Waals surface area contributed by atoms with Crippen LogP contribution in [0.25, 0.3) is 0 Å². The zero-order valence-corrected chi connectivity index (χ0v) is 19.5. The third-order valence-electron chi connectivity index (χ3n) is 6.66. The summed E-state index contributed by atoms with van der Waals surface area (Å²) >= 11 is 1.82. The van der Waals surface area contributed by atoms with Crippen LogP contribution in [0.3, 0.4) is 0 Å². The van der Waals surface area contributed by atoms with Crippen molar-refractivity contribution in [1.82, 2.24) is 14.6 Å². The molecule has 4 rings (SSSR count). The molecule has 5 nitrogen and oxygen atoms in total. The third kappa shape index (κ3) is 5.33. The molecular weight excluding hydrogens is 411 g/mol. The Hall–Kier alpha value is -1.83. The molecule has 1 aromatic carbocycles. The molecule has 168 valence electrons. The number of benzene rings is 1. The molecule has 1 N–H and O–H groups in total. The lowest BCUT2D eigenvalue weighted by Crippen LogP contribution is -2.43. The fourth-order valence-electron chi connectivity index (χ4n) is 4.76. The summed E-state index contributed by atoms with van der Waals surface area (Å²) in [6, 6.07) is 10.2. The summed E-state index contributed by atoms with van der Waals surface area (Å²) in [6.45, 7) is 6.37. The molecule has 0 bridgehead atoms. The summed E-state index contributed by atoms with van der Waals surface area (Å²) in [5, 5.41) is 3.73. The van der Waals surface area contributed by atoms with Gasteiger partial charge < -0.3 is 15.0 Å². The van der Waals surface area contributed by atoms with Gasteiger partial charge in [-0.1, -0.05) is 24.1 Å². The highest BCUT2D eigenvalue weighted by molar-refractivity contribution is 7.96. The highest BCUT2D eigenvalue weighted by atomic mass is 32.2. The van der Waals surface area contributed by atoms with Crippen LogP contribution in [0.4, 0.5) is 10.2 Å². The molecule has 0 spiro atoms. The van der Waals surface area contributed by atoms with Crippen molar-refractivity contribution in [3.63, 3.8) is 0 Å². The van der Waals surface area contributed by atoms with E-state index in [1.165, 1.54) is 25.2 Å². The topological polar surface area (TPSA) is 40.6 Å². The fraction of sp³-hybridized carbons (Fsp3) is 0.542. The minimum Gasteiger partial charge on any atom is -0.494 e. The number of nitrogens with zero attached hydrogens (tertiary/aromatic N) is 3. The monoisotopic (exact) mass is 444 g/mol. The summed E-state index contributed by atoms with van der Waals surface area (Å²) in [4.78, 5) is 7.17. The Labute approximate surface area is 189 Å². The summed E-state index contributed by atoms with van der Waals surface area (Å²) in [6.07, 6.45) is 7.65. The first-order valence-electron chi connectivity index (χ1n) is 11.2. The predicted molar refractivity (Wildman–Crippen MR) is 126 cm³/mol. The second kappa shape index (κ2) is 10.2. The van der Waals surface area contributed by atoms with Gasteiger partial charge >= 0.3 is 0 Å². The molecular formula is C24H33FN4OS. The molecule has 7 heteroatoms. The van der Waals surface area contributed by atoms with Crippen molar-refractivity contribution in [3.05, 3.63) is 53.5 Å². The first-order valence-corrected chi connectivity index (χ1v) is 12.3. The number of halogens is 1. The van der Waals surface area contributed by atoms with Gasteiger partial charge in [0.25, 0.3) is 0 Å². The molecule has 31 heavy (non-hydrogen) atoms. The van der Waals surface area contributed by atoms with E-state index in [0.717, 1.165) is 50.4 Å². The molecule has 0 amide bonds. The van der Waals surface area contributed by atoms with Crippen LogP contribution in [0, 0.1) is 5.82 Å². The molecule has 2 aromatic rings. The number of hydrogen-bond donors (Lipinski definition) is 1. The maximum Gasteiger partial charge on any atom is 0.165 e. The molecule has 1 aromatic heterocycles. The van der Waals surface area contributed by atoms with Gasteiger partial charge in [0.15, 0.2) is 11.6 Å². The van der Waals surface area contributed by atoms with E-state index in [0.29, 0.717) is 17.7 Å². The minimum absolute atomic E-state index is 0.152. The molecule has 0 radical (unpaired) electrons. The van der Waals surface area contributed by atoms with Crippen molar-refractivity contribution in [3.8, 4) is 5.75 Å². The largest absolute Gasteiger partial charge is 0.494 e. The van der Waals surface area contributed by atoms with Crippen molar-refractivity contribution in [2.75, 3.05) is 44.4 Å². The van der Waals surface area contributed by atoms with E-state index >= 15 is 0 Å². The molecule has 2 heterocycles. The first-order chi connectivity index (χ1) is 15.1. The molecule has 1 aliphatic heterocycles. The maximum atomic E-state index is 13.7. The number of aromatic nitrogens is 1. The van der Waals surface area contributed by atoms with Gasteiger partial charge in [-0.3, -0.25) is 0 Å². The van der Waals surface area contributed by atoms with Gasteiger partial charge in [-0.2, -0.15) is 0 Å². The SMILES string of the molecule is COc1cc([C@@H](C)N[C@H]2CC[C@@H](c3ccc(N4CCN(SC)CC4)nc3)C2)ccc1F. The number of methoxy groups -OCH3 is 1. The van der Waals surface area contributed by atoms with Crippen LogP contribution in [-0.4, -0.2) is 54.9 Å². The van der Waals surface area contributed by atoms with E-state index in [-0.39, 0.29) is 11.9 Å². The number of nitrogens with one attached hydrogen (secondary N) is 1. The smallest absolute Gasteiger partial charge is 0.165 e. The summed E-state index contributed by atoms with van der Waals surface area (Å²) in [5.74, 6) is 1.62. The third-order valence-corrected chi connectivity index (χ3v) is 7.54. The average Bonchev–Trinajstić information content (AvgIpc) is 3.28. The van der Waals surface area contributed by atoms with Crippen LogP contribution >= 0.6 is 11.9 Å². The molecule has 0 unspecified atom stereocenters. The van der Waals surface area contributed by atoms with Crippen LogP contribution in [0.1, 0.15) is 49.3 Å². The fourth-order valence-corrected chi connectivity index (χ4v) is 5.29. The van der Waals surface area contributed by atoms with Gasteiger partial charge in [0.2, 0.25) is 0 Å². The molecule has 3 atom stereocenters. The van der Waals surface area contributed by atoms with Crippen LogP contribution in [0.5, 0.6) is 5.75 Å². The highest BCUT2D eigenvalue weighted by Crippen LogP contribution is 2.36. The summed E-state index contributed by atoms with van der Waals surface area (Å²) in [7, 11) is 1.51. The Balaban J connectivity index is 1.31. The summed E-state index contributed by atoms with van der Waals surface area (Å²) < 4.78 is 21.2. The van der Waals surface area contributed by atoms with Gasteiger partial charge in [0.1, 0.15) is 5.82 Å². The lowest BCUT2D eigenvalue weighted by molar-refractivity contribution is 0.384. The van der Waals surface area contributed by atoms with Gasteiger partial charge in [-0.15, -0.1) is 0 Å². The molecule has 1 saturated heterocycles. The Morgan fingerprint density at radius 1 is 1.16 bits per heavy atom. The molecule has 1 aliphatic carbocycles. The number of pyridine rings is 1. The van der Waals surface area contributed by atoms with E-state index < -0.39 is 0 Å². The lowest BCUT2D eigenvalue weighted by Gasteiger charge is -2.34. The Morgan fingerprint density at radius 2 is 1.97 bits per heavy atom. The highest BCUT2D eigenvalue weighted by Gasteiger charge is 2.27. The van der Waals surface area contributed by atoms with Crippen LogP contribution in [0.2, 0.25) is 0 Å². The Kier molecular flexibility index (Phi) is 7.35. The number of rotatable bonds is 7. The second-order valence-corrected chi connectivity index (χ2v) is 9.42. The second-order valence-electron chi connectivity index (χ2n) is 8.54. The lowest BCUT2D eigenvalue weighted by atomic mass is 9.99. The zero-order valence-electron chi connectivity index (χ0n) is 18.7. The van der Waals surface area contributed by atoms with Crippen molar-refractivity contribution in [1.29, 1.82) is 0 Å². The minimum atomic E-state index is -0.318. The van der Waals surface area contributed by atoms with Gasteiger partial charge in [0.05, 0.1) is 7.11 Å². The molecule has 2 fully saturated rings. The van der Waals surface area contributed by atoms with Crippen molar-refractivity contribution in [2.45, 2.75) is 44.2 Å². The van der Waals surface area contributed by atoms with E-state index in [2.05, 4.69) is 46.0 Å². The van der Waals surface area contributed by atoms with Crippen LogP contribution < -0.4 is 15.0 Å². The number of ether oxygens (including phenoxy) is 1. The van der Waals surface area contributed by atoms with Crippen molar-refractivity contribution < 1.29 is 9.13 Å². The number of piperazine rings is 1. The standard InChI is InChI=1S/C24H33FN4OS/c1-17(18-5-8-22(25)23(15-18)30-2)27-21-7-4-19(14-21)20-6-9-24(26-16-20)28-10-12-29(31-3)13-11-28/h5-6,8-9,15-17,19,21,27H,4,7,10-14H2,1-3H3/t17-,19-,21+/m1/s1. The summed E-state index contributed by atoms with van der Waals surface area (Å²) in [5.41, 5.74) is 2.39. The average molecular weight is 445 g/mol. The van der Waals surface area contributed by atoms with E-state index in [1.54, 1.807) is 6.07 Å². The van der Waals surface area contributed by atoms with E-state index in [1.807, 2.05) is 18.0 Å². The van der Waals surface area contributed by atoms with Crippen molar-refractivity contribution in [2.24, 2.45) is 0 Å². The van der Waals surface area contributed by atoms with Crippen LogP contribution in [0.15, 0.2) is 36.5 Å². The molecule has 2 aliphatic rings. The first kappa shape index (κ1) is 22.4. The zero-order chi connectivity index (χ0) is 21.8. The quantitative estimate of drug-likeness (QED) is 0.629. The van der Waals surface area contributed by atoms with Gasteiger partial charge in [-0.25, -0.2) is 13.7 Å². The Morgan fingerprint density at radius 3 is 2.65 bits per heavy atom. The van der Waals surface area contributed by atoms with Crippen LogP contribution in [-0.2, 0) is 0 Å². The Bertz CT molecular complexity index is 857. The number of hydrogen-bond acceptors (Lipinski definition) is 6. The van der Waals surface area contributed by atoms with Crippen molar-refractivity contribution >= 4 is 17.8 Å². The van der Waals surface area contributed by atoms with E-state index in [4.69, 9.17) is 9.72 Å².